The molecule has 7 heteroatoms. The van der Waals surface area contributed by atoms with Gasteiger partial charge < -0.3 is 14.6 Å². The molecule has 150 valence electrons. The second-order valence-corrected chi connectivity index (χ2v) is 7.93. The maximum absolute atomic E-state index is 14.9. The Morgan fingerprint density at radius 1 is 1.21 bits per heavy atom. The van der Waals surface area contributed by atoms with E-state index in [9.17, 15) is 13.6 Å². The lowest BCUT2D eigenvalue weighted by atomic mass is 9.82. The van der Waals surface area contributed by atoms with Gasteiger partial charge in [-0.1, -0.05) is 19.8 Å². The summed E-state index contributed by atoms with van der Waals surface area (Å²) in [5.74, 6) is -1.19. The van der Waals surface area contributed by atoms with Crippen molar-refractivity contribution in [2.45, 2.75) is 32.2 Å². The zero-order valence-corrected chi connectivity index (χ0v) is 16.0. The minimum atomic E-state index is -0.705. The number of aromatic nitrogens is 2. The summed E-state index contributed by atoms with van der Waals surface area (Å²) in [6.07, 6.45) is 4.88. The molecular formula is C22H21F2N3O2. The van der Waals surface area contributed by atoms with E-state index in [1.54, 1.807) is 31.5 Å². The Morgan fingerprint density at radius 3 is 2.69 bits per heavy atom. The molecule has 1 aliphatic carbocycles. The van der Waals surface area contributed by atoms with Crippen molar-refractivity contribution in [1.29, 1.82) is 0 Å². The number of rotatable bonds is 6. The highest BCUT2D eigenvalue weighted by atomic mass is 19.1. The van der Waals surface area contributed by atoms with Crippen molar-refractivity contribution in [2.24, 2.45) is 11.8 Å². The molecule has 2 aliphatic rings. The number of β-lactam (4-membered cyclic amide) rings is 1. The van der Waals surface area contributed by atoms with Crippen LogP contribution in [0.2, 0.25) is 0 Å². The van der Waals surface area contributed by atoms with Crippen LogP contribution in [0.25, 0.3) is 11.0 Å². The smallest absolute Gasteiger partial charge is 0.232 e. The summed E-state index contributed by atoms with van der Waals surface area (Å²) in [4.78, 5) is 21.1. The lowest BCUT2D eigenvalue weighted by molar-refractivity contribution is -0.129. The van der Waals surface area contributed by atoms with E-state index in [1.807, 2.05) is 0 Å². The lowest BCUT2D eigenvalue weighted by Gasteiger charge is -2.46. The summed E-state index contributed by atoms with van der Waals surface area (Å²) in [5.41, 5.74) is 2.00. The summed E-state index contributed by atoms with van der Waals surface area (Å²) in [5, 5.41) is 0. The number of hydrogen-bond acceptors (Lipinski definition) is 3. The van der Waals surface area contributed by atoms with Crippen molar-refractivity contribution in [2.75, 3.05) is 11.5 Å². The van der Waals surface area contributed by atoms with Crippen LogP contribution in [0.5, 0.6) is 5.75 Å². The van der Waals surface area contributed by atoms with Crippen LogP contribution in [-0.4, -0.2) is 22.5 Å². The van der Waals surface area contributed by atoms with Gasteiger partial charge in [0.25, 0.3) is 0 Å². The Bertz CT molecular complexity index is 1070. The van der Waals surface area contributed by atoms with Crippen molar-refractivity contribution in [3.8, 4) is 5.75 Å². The number of carbonyl (C=O) groups excluding carboxylic acids is 1. The van der Waals surface area contributed by atoms with Gasteiger partial charge in [0.1, 0.15) is 17.4 Å². The van der Waals surface area contributed by atoms with E-state index in [4.69, 9.17) is 4.74 Å². The highest BCUT2D eigenvalue weighted by molar-refractivity contribution is 6.04. The summed E-state index contributed by atoms with van der Waals surface area (Å²) >= 11 is 0. The van der Waals surface area contributed by atoms with Crippen LogP contribution in [0.3, 0.4) is 0 Å². The molecule has 1 unspecified atom stereocenters. The molecule has 2 heterocycles. The predicted octanol–water partition coefficient (Wildman–Crippen LogP) is 4.74. The third-order valence-electron chi connectivity index (χ3n) is 5.90. The van der Waals surface area contributed by atoms with Crippen LogP contribution < -0.4 is 9.64 Å². The first kappa shape index (κ1) is 18.1. The third kappa shape index (κ3) is 3.14. The van der Waals surface area contributed by atoms with Crippen molar-refractivity contribution in [1.82, 2.24) is 9.97 Å². The van der Waals surface area contributed by atoms with Gasteiger partial charge in [0, 0.05) is 23.4 Å². The van der Waals surface area contributed by atoms with Crippen LogP contribution in [-0.2, 0) is 4.79 Å². The number of halogens is 2. The Kier molecular flexibility index (Phi) is 4.26. The zero-order chi connectivity index (χ0) is 20.1. The second kappa shape index (κ2) is 6.83. The Morgan fingerprint density at radius 2 is 1.97 bits per heavy atom. The molecule has 29 heavy (non-hydrogen) atoms. The maximum Gasteiger partial charge on any atom is 0.232 e. The SMILES string of the molecule is C[C@@H]1C(=O)N(c2ccc3nc[nH]c3c2)C1c1c(F)cc(OCCC2CC2)cc1F. The number of H-pyrrole nitrogens is 1. The fraction of sp³-hybridized carbons (Fsp3) is 0.364. The molecular weight excluding hydrogens is 376 g/mol. The Labute approximate surface area is 166 Å². The Balaban J connectivity index is 1.43. The molecule has 1 saturated carbocycles. The number of anilines is 1. The summed E-state index contributed by atoms with van der Waals surface area (Å²) in [6.45, 7) is 2.15. The summed E-state index contributed by atoms with van der Waals surface area (Å²) in [7, 11) is 0. The number of nitrogens with zero attached hydrogens (tertiary/aromatic N) is 2. The number of nitrogens with one attached hydrogen (secondary N) is 1. The van der Waals surface area contributed by atoms with E-state index in [1.165, 1.54) is 29.9 Å². The van der Waals surface area contributed by atoms with Crippen molar-refractivity contribution < 1.29 is 18.3 Å². The Hall–Kier alpha value is -2.96. The van der Waals surface area contributed by atoms with E-state index >= 15 is 0 Å². The number of imidazole rings is 1. The third-order valence-corrected chi connectivity index (χ3v) is 5.90. The predicted molar refractivity (Wildman–Crippen MR) is 105 cm³/mol. The summed E-state index contributed by atoms with van der Waals surface area (Å²) in [6, 6.07) is 7.02. The van der Waals surface area contributed by atoms with Gasteiger partial charge in [-0.3, -0.25) is 4.79 Å². The normalized spacial score (nSPS) is 21.5. The average molecular weight is 397 g/mol. The second-order valence-electron chi connectivity index (χ2n) is 7.93. The minimum absolute atomic E-state index is 0.101. The van der Waals surface area contributed by atoms with Gasteiger partial charge in [-0.25, -0.2) is 13.8 Å². The first-order chi connectivity index (χ1) is 14.0. The van der Waals surface area contributed by atoms with Gasteiger partial charge in [0.05, 0.1) is 35.9 Å². The number of hydrogen-bond donors (Lipinski definition) is 1. The molecule has 0 bridgehead atoms. The lowest BCUT2D eigenvalue weighted by Crippen LogP contribution is -2.54. The number of fused-ring (bicyclic) bond motifs is 1. The first-order valence-electron chi connectivity index (χ1n) is 9.91. The number of ether oxygens (including phenoxy) is 1. The van der Waals surface area contributed by atoms with Crippen molar-refractivity contribution in [3.05, 3.63) is 53.9 Å². The maximum atomic E-state index is 14.9. The molecule has 1 saturated heterocycles. The molecule has 5 rings (SSSR count). The largest absolute Gasteiger partial charge is 0.493 e. The highest BCUT2D eigenvalue weighted by Crippen LogP contribution is 2.45. The monoisotopic (exact) mass is 397 g/mol. The molecule has 2 aromatic carbocycles. The van der Waals surface area contributed by atoms with E-state index in [0.717, 1.165) is 17.5 Å². The van der Waals surface area contributed by atoms with E-state index in [2.05, 4.69) is 9.97 Å². The van der Waals surface area contributed by atoms with Gasteiger partial charge in [0.15, 0.2) is 0 Å². The van der Waals surface area contributed by atoms with E-state index in [0.29, 0.717) is 18.2 Å². The first-order valence-corrected chi connectivity index (χ1v) is 9.91. The minimum Gasteiger partial charge on any atom is -0.493 e. The van der Waals surface area contributed by atoms with Crippen LogP contribution >= 0.6 is 0 Å². The fourth-order valence-corrected chi connectivity index (χ4v) is 4.05. The van der Waals surface area contributed by atoms with Crippen molar-refractivity contribution >= 4 is 22.6 Å². The fourth-order valence-electron chi connectivity index (χ4n) is 4.05. The number of aromatic amines is 1. The molecule has 1 aliphatic heterocycles. The van der Waals surface area contributed by atoms with Crippen LogP contribution in [0, 0.1) is 23.5 Å². The van der Waals surface area contributed by atoms with Gasteiger partial charge in [-0.05, 0) is 30.5 Å². The molecule has 0 spiro atoms. The molecule has 0 radical (unpaired) electrons. The van der Waals surface area contributed by atoms with Gasteiger partial charge in [-0.2, -0.15) is 0 Å². The van der Waals surface area contributed by atoms with Gasteiger partial charge in [0.2, 0.25) is 5.91 Å². The molecule has 1 amide bonds. The van der Waals surface area contributed by atoms with E-state index < -0.39 is 23.6 Å². The van der Waals surface area contributed by atoms with Gasteiger partial charge in [-0.15, -0.1) is 0 Å². The summed E-state index contributed by atoms with van der Waals surface area (Å²) < 4.78 is 35.3. The standard InChI is InChI=1S/C22H21F2N3O2/c1-12-21(27(22(12)28)14-4-5-18-19(8-14)26-11-25-18)20-16(23)9-15(10-17(20)24)29-7-6-13-2-3-13/h4-5,8-13,21H,2-3,6-7H2,1H3,(H,25,26)/t12-,21?/m0/s1. The van der Waals surface area contributed by atoms with Gasteiger partial charge >= 0.3 is 0 Å². The number of carbonyl (C=O) groups is 1. The molecule has 3 aromatic rings. The van der Waals surface area contributed by atoms with Crippen LogP contribution in [0.4, 0.5) is 14.5 Å². The topological polar surface area (TPSA) is 58.2 Å². The zero-order valence-electron chi connectivity index (χ0n) is 16.0. The molecule has 1 N–H and O–H groups in total. The number of benzene rings is 2. The number of amides is 1. The van der Waals surface area contributed by atoms with E-state index in [-0.39, 0.29) is 17.2 Å². The van der Waals surface area contributed by atoms with Crippen LogP contribution in [0.15, 0.2) is 36.7 Å². The average Bonchev–Trinajstić information content (AvgIpc) is 3.40. The molecule has 2 atom stereocenters. The molecule has 5 nitrogen and oxygen atoms in total. The highest BCUT2D eigenvalue weighted by Gasteiger charge is 2.48. The van der Waals surface area contributed by atoms with Crippen LogP contribution in [0.1, 0.15) is 37.8 Å². The van der Waals surface area contributed by atoms with Crippen molar-refractivity contribution in [3.63, 3.8) is 0 Å². The quantitative estimate of drug-likeness (QED) is 0.611. The molecule has 2 fully saturated rings. The molecule has 1 aromatic heterocycles.